The molecule has 1 amide bonds. The minimum absolute atomic E-state index is 0.148. The van der Waals surface area contributed by atoms with Crippen LogP contribution in [0.15, 0.2) is 36.5 Å². The molecule has 0 atom stereocenters. The third kappa shape index (κ3) is 1.88. The number of rotatable bonds is 2. The topological polar surface area (TPSA) is 69.6 Å². The van der Waals surface area contributed by atoms with Crippen LogP contribution in [0.5, 0.6) is 0 Å². The molecule has 0 bridgehead atoms. The molecule has 0 fully saturated rings. The first-order valence-corrected chi connectivity index (χ1v) is 4.76. The van der Waals surface area contributed by atoms with Gasteiger partial charge in [-0.1, -0.05) is 18.2 Å². The Bertz CT molecular complexity index is 468. The van der Waals surface area contributed by atoms with E-state index in [1.807, 2.05) is 0 Å². The Hall–Kier alpha value is -2.30. The minimum atomic E-state index is -1.02. The fourth-order valence-corrected chi connectivity index (χ4v) is 1.49. The summed E-state index contributed by atoms with van der Waals surface area (Å²) < 4.78 is 0. The quantitative estimate of drug-likeness (QED) is 0.781. The molecular weight excluding hydrogens is 208 g/mol. The molecule has 0 spiro atoms. The molecule has 0 radical (unpaired) electrons. The maximum absolute atomic E-state index is 11.2. The molecule has 0 aliphatic carbocycles. The Balaban J connectivity index is 2.39. The van der Waals surface area contributed by atoms with E-state index in [0.717, 1.165) is 0 Å². The molecule has 1 aromatic carbocycles. The Morgan fingerprint density at radius 3 is 2.81 bits per heavy atom. The highest BCUT2D eigenvalue weighted by Gasteiger charge is 2.17. The lowest BCUT2D eigenvalue weighted by Gasteiger charge is -2.25. The Morgan fingerprint density at radius 2 is 2.12 bits per heavy atom. The van der Waals surface area contributed by atoms with E-state index in [1.165, 1.54) is 11.1 Å². The molecule has 1 aromatic rings. The van der Waals surface area contributed by atoms with Crippen LogP contribution in [0.3, 0.4) is 0 Å². The first kappa shape index (κ1) is 10.2. The molecule has 1 aliphatic rings. The predicted molar refractivity (Wildman–Crippen MR) is 57.8 cm³/mol. The summed E-state index contributed by atoms with van der Waals surface area (Å²) in [5.41, 5.74) is 3.16. The molecule has 1 heterocycles. The van der Waals surface area contributed by atoms with Gasteiger partial charge in [0.15, 0.2) is 0 Å². The van der Waals surface area contributed by atoms with Gasteiger partial charge < -0.3 is 5.11 Å². The number of nitrogens with zero attached hydrogens (tertiary/aromatic N) is 1. The zero-order chi connectivity index (χ0) is 11.5. The number of carbonyl (C=O) groups is 2. The average Bonchev–Trinajstić information content (AvgIpc) is 2.29. The number of carboxylic acid groups (broad SMARTS) is 1. The van der Waals surface area contributed by atoms with Gasteiger partial charge in [-0.05, 0) is 12.1 Å². The molecule has 5 nitrogen and oxygen atoms in total. The van der Waals surface area contributed by atoms with Crippen LogP contribution in [0, 0.1) is 0 Å². The van der Waals surface area contributed by atoms with Crippen LogP contribution in [0.4, 0.5) is 5.69 Å². The van der Waals surface area contributed by atoms with Crippen molar-refractivity contribution in [2.24, 2.45) is 0 Å². The first-order valence-electron chi connectivity index (χ1n) is 4.76. The fraction of sp³-hybridized carbons (Fsp3) is 0.0909. The molecule has 82 valence electrons. The van der Waals surface area contributed by atoms with E-state index in [-0.39, 0.29) is 11.5 Å². The van der Waals surface area contributed by atoms with Crippen LogP contribution in [-0.2, 0) is 4.79 Å². The SMILES string of the molecule is O=C1CC=CN(c2ccccc2C(=O)O)N1. The van der Waals surface area contributed by atoms with Gasteiger partial charge in [0.1, 0.15) is 0 Å². The standard InChI is InChI=1S/C11H10N2O3/c14-10-6-3-7-13(12-10)9-5-2-1-4-8(9)11(15)16/h1-5,7H,6H2,(H,12,14)(H,15,16). The van der Waals surface area contributed by atoms with Crippen molar-refractivity contribution in [1.82, 2.24) is 5.43 Å². The number of aromatic carboxylic acids is 1. The van der Waals surface area contributed by atoms with E-state index in [4.69, 9.17) is 5.11 Å². The normalized spacial score (nSPS) is 14.8. The van der Waals surface area contributed by atoms with Crippen molar-refractivity contribution in [3.05, 3.63) is 42.1 Å². The lowest BCUT2D eigenvalue weighted by Crippen LogP contribution is -2.41. The third-order valence-electron chi connectivity index (χ3n) is 2.20. The second-order valence-electron chi connectivity index (χ2n) is 3.32. The molecule has 1 aliphatic heterocycles. The maximum Gasteiger partial charge on any atom is 0.337 e. The van der Waals surface area contributed by atoms with Crippen molar-refractivity contribution < 1.29 is 14.7 Å². The minimum Gasteiger partial charge on any atom is -0.478 e. The number of hydrazine groups is 1. The molecule has 16 heavy (non-hydrogen) atoms. The summed E-state index contributed by atoms with van der Waals surface area (Å²) in [4.78, 5) is 22.2. The molecule has 0 saturated carbocycles. The molecule has 2 N–H and O–H groups in total. The second kappa shape index (κ2) is 4.06. The fourth-order valence-electron chi connectivity index (χ4n) is 1.49. The Kier molecular flexibility index (Phi) is 2.59. The second-order valence-corrected chi connectivity index (χ2v) is 3.32. The number of anilines is 1. The van der Waals surface area contributed by atoms with Crippen LogP contribution >= 0.6 is 0 Å². The van der Waals surface area contributed by atoms with Crippen molar-refractivity contribution >= 4 is 17.6 Å². The highest BCUT2D eigenvalue weighted by molar-refractivity contribution is 5.95. The van der Waals surface area contributed by atoms with Crippen molar-refractivity contribution in [1.29, 1.82) is 0 Å². The lowest BCUT2D eigenvalue weighted by atomic mass is 10.1. The molecule has 5 heteroatoms. The number of benzene rings is 1. The summed E-state index contributed by atoms with van der Waals surface area (Å²) in [6, 6.07) is 6.49. The number of hydrogen-bond acceptors (Lipinski definition) is 3. The van der Waals surface area contributed by atoms with E-state index < -0.39 is 5.97 Å². The van der Waals surface area contributed by atoms with Gasteiger partial charge in [0.2, 0.25) is 5.91 Å². The van der Waals surface area contributed by atoms with Gasteiger partial charge in [0.05, 0.1) is 11.3 Å². The van der Waals surface area contributed by atoms with Gasteiger partial charge in [0, 0.05) is 12.6 Å². The molecular formula is C11H10N2O3. The van der Waals surface area contributed by atoms with E-state index in [0.29, 0.717) is 12.1 Å². The first-order chi connectivity index (χ1) is 7.68. The number of amides is 1. The van der Waals surface area contributed by atoms with Crippen molar-refractivity contribution in [3.8, 4) is 0 Å². The summed E-state index contributed by atoms with van der Waals surface area (Å²) in [6.07, 6.45) is 3.63. The van der Waals surface area contributed by atoms with E-state index in [9.17, 15) is 9.59 Å². The summed E-state index contributed by atoms with van der Waals surface area (Å²) in [5, 5.41) is 10.4. The largest absolute Gasteiger partial charge is 0.478 e. The number of hydrogen-bond donors (Lipinski definition) is 2. The monoisotopic (exact) mass is 218 g/mol. The summed E-state index contributed by atoms with van der Waals surface area (Å²) >= 11 is 0. The van der Waals surface area contributed by atoms with Crippen molar-refractivity contribution in [2.45, 2.75) is 6.42 Å². The van der Waals surface area contributed by atoms with E-state index >= 15 is 0 Å². The van der Waals surface area contributed by atoms with Gasteiger partial charge in [-0.15, -0.1) is 0 Å². The zero-order valence-corrected chi connectivity index (χ0v) is 8.38. The van der Waals surface area contributed by atoms with Crippen LogP contribution in [0.2, 0.25) is 0 Å². The highest BCUT2D eigenvalue weighted by Crippen LogP contribution is 2.20. The number of nitrogens with one attached hydrogen (secondary N) is 1. The average molecular weight is 218 g/mol. The van der Waals surface area contributed by atoms with Gasteiger partial charge in [-0.25, -0.2) is 4.79 Å². The van der Waals surface area contributed by atoms with Gasteiger partial charge in [0.25, 0.3) is 0 Å². The van der Waals surface area contributed by atoms with Gasteiger partial charge in [-0.3, -0.25) is 15.2 Å². The van der Waals surface area contributed by atoms with Gasteiger partial charge in [-0.2, -0.15) is 0 Å². The predicted octanol–water partition coefficient (Wildman–Crippen LogP) is 1.14. The van der Waals surface area contributed by atoms with E-state index in [1.54, 1.807) is 30.5 Å². The molecule has 0 unspecified atom stereocenters. The van der Waals surface area contributed by atoms with E-state index in [2.05, 4.69) is 5.43 Å². The number of carboxylic acids is 1. The Morgan fingerprint density at radius 1 is 1.38 bits per heavy atom. The zero-order valence-electron chi connectivity index (χ0n) is 8.38. The van der Waals surface area contributed by atoms with Crippen LogP contribution in [-0.4, -0.2) is 17.0 Å². The number of carbonyl (C=O) groups excluding carboxylic acids is 1. The third-order valence-corrected chi connectivity index (χ3v) is 2.20. The lowest BCUT2D eigenvalue weighted by molar-refractivity contribution is -0.120. The van der Waals surface area contributed by atoms with Gasteiger partial charge >= 0.3 is 5.97 Å². The van der Waals surface area contributed by atoms with Crippen LogP contribution in [0.25, 0.3) is 0 Å². The maximum atomic E-state index is 11.2. The van der Waals surface area contributed by atoms with Crippen LogP contribution < -0.4 is 10.4 Å². The summed E-state index contributed by atoms with van der Waals surface area (Å²) in [5.74, 6) is -1.19. The van der Waals surface area contributed by atoms with Crippen molar-refractivity contribution in [2.75, 3.05) is 5.01 Å². The summed E-state index contributed by atoms with van der Waals surface area (Å²) in [6.45, 7) is 0. The van der Waals surface area contributed by atoms with Crippen LogP contribution in [0.1, 0.15) is 16.8 Å². The molecule has 0 saturated heterocycles. The summed E-state index contributed by atoms with van der Waals surface area (Å²) in [7, 11) is 0. The molecule has 0 aromatic heterocycles. The van der Waals surface area contributed by atoms with Crippen molar-refractivity contribution in [3.63, 3.8) is 0 Å². The smallest absolute Gasteiger partial charge is 0.337 e. The molecule has 2 rings (SSSR count). The number of para-hydroxylation sites is 1. The Labute approximate surface area is 92.0 Å². The highest BCUT2D eigenvalue weighted by atomic mass is 16.4.